The summed E-state index contributed by atoms with van der Waals surface area (Å²) in [6.07, 6.45) is 1.67. The van der Waals surface area contributed by atoms with E-state index < -0.39 is 15.7 Å². The van der Waals surface area contributed by atoms with E-state index in [1.165, 1.54) is 0 Å². The molecule has 0 bridgehead atoms. The Bertz CT molecular complexity index is 293. The van der Waals surface area contributed by atoms with Crippen LogP contribution in [-0.2, 0) is 14.6 Å². The maximum absolute atomic E-state index is 11.3. The van der Waals surface area contributed by atoms with Gasteiger partial charge in [0.15, 0.2) is 9.84 Å². The quantitative estimate of drug-likeness (QED) is 0.669. The highest BCUT2D eigenvalue weighted by molar-refractivity contribution is 7.91. The van der Waals surface area contributed by atoms with Crippen molar-refractivity contribution in [2.75, 3.05) is 11.6 Å². The normalized spacial score (nSPS) is 11.4. The third kappa shape index (κ3) is 6.65. The number of rotatable bonds is 6. The molecule has 0 heterocycles. The molecule has 5 heteroatoms. The number of carbonyl (C=O) groups is 1. The molecule has 0 aromatic heterocycles. The zero-order valence-corrected chi connectivity index (χ0v) is 9.43. The first-order valence-corrected chi connectivity index (χ1v) is 6.30. The van der Waals surface area contributed by atoms with E-state index in [1.807, 2.05) is 13.8 Å². The number of hydrogen-bond donors (Lipinski definition) is 1. The third-order valence-electron chi connectivity index (χ3n) is 1.66. The van der Waals surface area contributed by atoms with Crippen LogP contribution in [-0.4, -0.2) is 26.0 Å². The smallest absolute Gasteiger partial charge is 0.244 e. The standard InChI is InChI=1S/C9H17NO3S/c1-4-9(11)10-7-14(12,13)6-5-8(2)3/h4,8H,1,5-7H2,2-3H3,(H,10,11). The van der Waals surface area contributed by atoms with Gasteiger partial charge in [0.05, 0.1) is 5.75 Å². The summed E-state index contributed by atoms with van der Waals surface area (Å²) in [5, 5.41) is 2.25. The van der Waals surface area contributed by atoms with Gasteiger partial charge in [-0.1, -0.05) is 20.4 Å². The van der Waals surface area contributed by atoms with Gasteiger partial charge in [-0.2, -0.15) is 0 Å². The molecule has 4 nitrogen and oxygen atoms in total. The molecule has 0 aliphatic rings. The molecule has 0 saturated carbocycles. The van der Waals surface area contributed by atoms with Gasteiger partial charge in [-0.05, 0) is 18.4 Å². The van der Waals surface area contributed by atoms with Gasteiger partial charge in [-0.25, -0.2) is 8.42 Å². The molecule has 0 rings (SSSR count). The van der Waals surface area contributed by atoms with Crippen molar-refractivity contribution in [3.05, 3.63) is 12.7 Å². The molecule has 0 spiro atoms. The Balaban J connectivity index is 3.96. The predicted molar refractivity (Wildman–Crippen MR) is 56.4 cm³/mol. The molecule has 14 heavy (non-hydrogen) atoms. The fourth-order valence-electron chi connectivity index (χ4n) is 0.741. The number of hydrogen-bond acceptors (Lipinski definition) is 3. The van der Waals surface area contributed by atoms with Crippen molar-refractivity contribution in [3.63, 3.8) is 0 Å². The molecular formula is C9H17NO3S. The summed E-state index contributed by atoms with van der Waals surface area (Å²) in [6, 6.07) is 0. The zero-order chi connectivity index (χ0) is 11.2. The van der Waals surface area contributed by atoms with Crippen molar-refractivity contribution in [2.45, 2.75) is 20.3 Å². The Kier molecular flexibility index (Phi) is 5.45. The van der Waals surface area contributed by atoms with Crippen LogP contribution in [0.15, 0.2) is 12.7 Å². The summed E-state index contributed by atoms with van der Waals surface area (Å²) in [7, 11) is -3.16. The van der Waals surface area contributed by atoms with Crippen molar-refractivity contribution in [1.29, 1.82) is 0 Å². The lowest BCUT2D eigenvalue weighted by atomic mass is 10.2. The molecule has 0 radical (unpaired) electrons. The average Bonchev–Trinajstić information content (AvgIpc) is 2.11. The minimum atomic E-state index is -3.16. The van der Waals surface area contributed by atoms with Gasteiger partial charge in [0.25, 0.3) is 0 Å². The number of carbonyl (C=O) groups excluding carboxylic acids is 1. The van der Waals surface area contributed by atoms with E-state index in [2.05, 4.69) is 11.9 Å². The first-order chi connectivity index (χ1) is 6.37. The van der Waals surface area contributed by atoms with Crippen molar-refractivity contribution in [2.24, 2.45) is 5.92 Å². The highest BCUT2D eigenvalue weighted by atomic mass is 32.2. The summed E-state index contributed by atoms with van der Waals surface area (Å²) in [6.45, 7) is 7.14. The predicted octanol–water partition coefficient (Wildman–Crippen LogP) is 0.707. The fraction of sp³-hybridized carbons (Fsp3) is 0.667. The van der Waals surface area contributed by atoms with Crippen LogP contribution in [0, 0.1) is 5.92 Å². The molecule has 0 aliphatic carbocycles. The topological polar surface area (TPSA) is 63.2 Å². The Morgan fingerprint density at radius 2 is 2.07 bits per heavy atom. The molecule has 0 saturated heterocycles. The van der Waals surface area contributed by atoms with Gasteiger partial charge in [-0.15, -0.1) is 0 Å². The van der Waals surface area contributed by atoms with E-state index in [0.29, 0.717) is 12.3 Å². The monoisotopic (exact) mass is 219 g/mol. The SMILES string of the molecule is C=CC(=O)NCS(=O)(=O)CCC(C)C. The average molecular weight is 219 g/mol. The van der Waals surface area contributed by atoms with Crippen LogP contribution in [0.1, 0.15) is 20.3 Å². The van der Waals surface area contributed by atoms with Gasteiger partial charge in [0.1, 0.15) is 5.88 Å². The maximum atomic E-state index is 11.3. The summed E-state index contributed by atoms with van der Waals surface area (Å²) >= 11 is 0. The van der Waals surface area contributed by atoms with Crippen LogP contribution in [0.3, 0.4) is 0 Å². The summed E-state index contributed by atoms with van der Waals surface area (Å²) in [5.41, 5.74) is 0. The molecule has 1 amide bonds. The van der Waals surface area contributed by atoms with Gasteiger partial charge < -0.3 is 5.32 Å². The second-order valence-corrected chi connectivity index (χ2v) is 5.70. The van der Waals surface area contributed by atoms with E-state index >= 15 is 0 Å². The molecule has 0 aromatic rings. The number of nitrogens with one attached hydrogen (secondary N) is 1. The highest BCUT2D eigenvalue weighted by Crippen LogP contribution is 2.02. The van der Waals surface area contributed by atoms with Crippen LogP contribution < -0.4 is 5.32 Å². The van der Waals surface area contributed by atoms with Crippen LogP contribution in [0.5, 0.6) is 0 Å². The van der Waals surface area contributed by atoms with Crippen LogP contribution in [0.2, 0.25) is 0 Å². The van der Waals surface area contributed by atoms with Gasteiger partial charge in [-0.3, -0.25) is 4.79 Å². The minimum Gasteiger partial charge on any atom is -0.338 e. The summed E-state index contributed by atoms with van der Waals surface area (Å²) in [4.78, 5) is 10.7. The lowest BCUT2D eigenvalue weighted by Crippen LogP contribution is -2.29. The van der Waals surface area contributed by atoms with Crippen molar-refractivity contribution in [3.8, 4) is 0 Å². The molecule has 0 unspecified atom stereocenters. The third-order valence-corrected chi connectivity index (χ3v) is 3.10. The number of sulfone groups is 1. The number of amides is 1. The minimum absolute atomic E-state index is 0.113. The summed E-state index contributed by atoms with van der Waals surface area (Å²) < 4.78 is 22.6. The zero-order valence-electron chi connectivity index (χ0n) is 8.62. The van der Waals surface area contributed by atoms with Gasteiger partial charge in [0, 0.05) is 0 Å². The van der Waals surface area contributed by atoms with E-state index in [9.17, 15) is 13.2 Å². The molecule has 0 atom stereocenters. The second-order valence-electron chi connectivity index (χ2n) is 3.52. The molecule has 0 fully saturated rings. The molecule has 0 aliphatic heterocycles. The Hall–Kier alpha value is -0.840. The van der Waals surface area contributed by atoms with E-state index in [1.54, 1.807) is 0 Å². The molecule has 82 valence electrons. The van der Waals surface area contributed by atoms with E-state index in [4.69, 9.17) is 0 Å². The van der Waals surface area contributed by atoms with Gasteiger partial charge >= 0.3 is 0 Å². The van der Waals surface area contributed by atoms with E-state index in [0.717, 1.165) is 6.08 Å². The van der Waals surface area contributed by atoms with Crippen molar-refractivity contribution < 1.29 is 13.2 Å². The van der Waals surface area contributed by atoms with Crippen LogP contribution in [0.25, 0.3) is 0 Å². The first kappa shape index (κ1) is 13.2. The maximum Gasteiger partial charge on any atom is 0.244 e. The Morgan fingerprint density at radius 3 is 2.50 bits per heavy atom. The molecule has 0 aromatic carbocycles. The fourth-order valence-corrected chi connectivity index (χ4v) is 2.08. The van der Waals surface area contributed by atoms with E-state index in [-0.39, 0.29) is 11.6 Å². The largest absolute Gasteiger partial charge is 0.338 e. The summed E-state index contributed by atoms with van der Waals surface area (Å²) in [5.74, 6) is -0.301. The second kappa shape index (κ2) is 5.80. The van der Waals surface area contributed by atoms with Crippen molar-refractivity contribution >= 4 is 15.7 Å². The highest BCUT2D eigenvalue weighted by Gasteiger charge is 2.11. The Labute approximate surface area is 85.3 Å². The lowest BCUT2D eigenvalue weighted by Gasteiger charge is -2.06. The first-order valence-electron chi connectivity index (χ1n) is 4.48. The Morgan fingerprint density at radius 1 is 1.50 bits per heavy atom. The lowest BCUT2D eigenvalue weighted by molar-refractivity contribution is -0.116. The van der Waals surface area contributed by atoms with Crippen molar-refractivity contribution in [1.82, 2.24) is 5.32 Å². The van der Waals surface area contributed by atoms with Crippen LogP contribution >= 0.6 is 0 Å². The molecular weight excluding hydrogens is 202 g/mol. The van der Waals surface area contributed by atoms with Crippen LogP contribution in [0.4, 0.5) is 0 Å². The van der Waals surface area contributed by atoms with Gasteiger partial charge in [0.2, 0.25) is 5.91 Å². The molecule has 1 N–H and O–H groups in total.